The molecule has 0 aliphatic carbocycles. The number of anilines is 1. The van der Waals surface area contributed by atoms with Crippen LogP contribution < -0.4 is 5.32 Å². The Kier molecular flexibility index (Phi) is 3.88. The fourth-order valence-electron chi connectivity index (χ4n) is 2.29. The molecule has 0 bridgehead atoms. The molecule has 1 amide bonds. The first-order valence-corrected chi connectivity index (χ1v) is 6.91. The third-order valence-electron chi connectivity index (χ3n) is 3.49. The fourth-order valence-corrected chi connectivity index (χ4v) is 2.29. The van der Waals surface area contributed by atoms with Gasteiger partial charge in [0.15, 0.2) is 5.69 Å². The molecule has 22 heavy (non-hydrogen) atoms. The minimum absolute atomic E-state index is 0.0301. The second-order valence-electron chi connectivity index (χ2n) is 5.05. The van der Waals surface area contributed by atoms with Crippen molar-refractivity contribution in [2.75, 3.05) is 18.5 Å². The number of carboxylic acid groups (broad SMARTS) is 1. The highest BCUT2D eigenvalue weighted by atomic mass is 16.5. The molecule has 3 rings (SSSR count). The molecule has 0 spiro atoms. The Bertz CT molecular complexity index is 704. The SMILES string of the molecule is O=C(O)c1ccn(-c2cccc(NC(=O)C3CCOC3)c2)n1. The molecule has 2 aromatic rings. The average molecular weight is 301 g/mol. The molecule has 1 aliphatic heterocycles. The maximum Gasteiger partial charge on any atom is 0.356 e. The second-order valence-corrected chi connectivity index (χ2v) is 5.05. The number of hydrogen-bond acceptors (Lipinski definition) is 4. The Morgan fingerprint density at radius 2 is 2.23 bits per heavy atom. The van der Waals surface area contributed by atoms with Crippen LogP contribution in [0.2, 0.25) is 0 Å². The highest BCUT2D eigenvalue weighted by molar-refractivity contribution is 5.93. The zero-order valence-corrected chi connectivity index (χ0v) is 11.7. The molecule has 2 heterocycles. The van der Waals surface area contributed by atoms with E-state index in [0.29, 0.717) is 24.6 Å². The van der Waals surface area contributed by atoms with Gasteiger partial charge < -0.3 is 15.2 Å². The summed E-state index contributed by atoms with van der Waals surface area (Å²) in [5, 5.41) is 15.7. The van der Waals surface area contributed by atoms with Crippen LogP contribution in [0.15, 0.2) is 36.5 Å². The van der Waals surface area contributed by atoms with Gasteiger partial charge in [-0.25, -0.2) is 9.48 Å². The summed E-state index contributed by atoms with van der Waals surface area (Å²) in [6.07, 6.45) is 2.29. The van der Waals surface area contributed by atoms with Crippen molar-refractivity contribution in [3.8, 4) is 5.69 Å². The maximum absolute atomic E-state index is 12.1. The Morgan fingerprint density at radius 1 is 1.36 bits per heavy atom. The summed E-state index contributed by atoms with van der Waals surface area (Å²) in [5.74, 6) is -1.27. The number of aromatic nitrogens is 2. The molecule has 7 heteroatoms. The topological polar surface area (TPSA) is 93.5 Å². The number of amides is 1. The molecule has 7 nitrogen and oxygen atoms in total. The number of aromatic carboxylic acids is 1. The second kappa shape index (κ2) is 5.98. The third-order valence-corrected chi connectivity index (χ3v) is 3.49. The van der Waals surface area contributed by atoms with E-state index in [9.17, 15) is 9.59 Å². The van der Waals surface area contributed by atoms with Crippen LogP contribution in [0.25, 0.3) is 5.69 Å². The monoisotopic (exact) mass is 301 g/mol. The number of hydrogen-bond donors (Lipinski definition) is 2. The molecule has 1 aromatic carbocycles. The molecule has 1 saturated heterocycles. The molecule has 1 aromatic heterocycles. The van der Waals surface area contributed by atoms with Crippen molar-refractivity contribution in [3.05, 3.63) is 42.2 Å². The summed E-state index contributed by atoms with van der Waals surface area (Å²) in [7, 11) is 0. The number of nitrogens with one attached hydrogen (secondary N) is 1. The lowest BCUT2D eigenvalue weighted by Gasteiger charge is -2.10. The first-order chi connectivity index (χ1) is 10.6. The quantitative estimate of drug-likeness (QED) is 0.893. The van der Waals surface area contributed by atoms with Crippen molar-refractivity contribution in [2.45, 2.75) is 6.42 Å². The van der Waals surface area contributed by atoms with Crippen molar-refractivity contribution in [1.82, 2.24) is 9.78 Å². The van der Waals surface area contributed by atoms with Crippen LogP contribution in [0.3, 0.4) is 0 Å². The lowest BCUT2D eigenvalue weighted by molar-refractivity contribution is -0.119. The first kappa shape index (κ1) is 14.3. The van der Waals surface area contributed by atoms with Crippen molar-refractivity contribution in [1.29, 1.82) is 0 Å². The zero-order valence-electron chi connectivity index (χ0n) is 11.7. The highest BCUT2D eigenvalue weighted by Gasteiger charge is 2.23. The zero-order chi connectivity index (χ0) is 15.5. The van der Waals surface area contributed by atoms with Crippen molar-refractivity contribution < 1.29 is 19.4 Å². The van der Waals surface area contributed by atoms with Gasteiger partial charge in [-0.2, -0.15) is 5.10 Å². The number of ether oxygens (including phenoxy) is 1. The van der Waals surface area contributed by atoms with Crippen molar-refractivity contribution in [2.24, 2.45) is 5.92 Å². The smallest absolute Gasteiger partial charge is 0.356 e. The van der Waals surface area contributed by atoms with Gasteiger partial charge in [-0.3, -0.25) is 4.79 Å². The summed E-state index contributed by atoms with van der Waals surface area (Å²) >= 11 is 0. The summed E-state index contributed by atoms with van der Waals surface area (Å²) in [4.78, 5) is 22.9. The number of carbonyl (C=O) groups is 2. The minimum Gasteiger partial charge on any atom is -0.476 e. The largest absolute Gasteiger partial charge is 0.476 e. The lowest BCUT2D eigenvalue weighted by Crippen LogP contribution is -2.22. The Labute approximate surface area is 126 Å². The summed E-state index contributed by atoms with van der Waals surface area (Å²) in [6, 6.07) is 8.50. The Balaban J connectivity index is 1.76. The molecule has 114 valence electrons. The highest BCUT2D eigenvalue weighted by Crippen LogP contribution is 2.18. The van der Waals surface area contributed by atoms with E-state index in [1.165, 1.54) is 10.7 Å². The summed E-state index contributed by atoms with van der Waals surface area (Å²) in [5.41, 5.74) is 1.28. The van der Waals surface area contributed by atoms with Gasteiger partial charge in [-0.1, -0.05) is 6.07 Å². The molecule has 1 atom stereocenters. The number of carboxylic acids is 1. The molecule has 1 unspecified atom stereocenters. The van der Waals surface area contributed by atoms with Gasteiger partial charge in [-0.15, -0.1) is 0 Å². The predicted octanol–water partition coefficient (Wildman–Crippen LogP) is 1.55. The van der Waals surface area contributed by atoms with Crippen LogP contribution >= 0.6 is 0 Å². The van der Waals surface area contributed by atoms with E-state index in [-0.39, 0.29) is 17.5 Å². The van der Waals surface area contributed by atoms with E-state index in [2.05, 4.69) is 10.4 Å². The normalized spacial score (nSPS) is 17.4. The van der Waals surface area contributed by atoms with Crippen molar-refractivity contribution >= 4 is 17.6 Å². The van der Waals surface area contributed by atoms with Crippen LogP contribution in [0.4, 0.5) is 5.69 Å². The Morgan fingerprint density at radius 3 is 2.91 bits per heavy atom. The fraction of sp³-hybridized carbons (Fsp3) is 0.267. The van der Waals surface area contributed by atoms with E-state index in [1.54, 1.807) is 30.5 Å². The molecule has 1 fully saturated rings. The molecule has 1 aliphatic rings. The number of carbonyl (C=O) groups excluding carboxylic acids is 1. The minimum atomic E-state index is -1.08. The van der Waals surface area contributed by atoms with Crippen LogP contribution in [0.1, 0.15) is 16.9 Å². The van der Waals surface area contributed by atoms with Gasteiger partial charge in [-0.05, 0) is 30.7 Å². The van der Waals surface area contributed by atoms with E-state index >= 15 is 0 Å². The van der Waals surface area contributed by atoms with Crippen molar-refractivity contribution in [3.63, 3.8) is 0 Å². The van der Waals surface area contributed by atoms with E-state index < -0.39 is 5.97 Å². The first-order valence-electron chi connectivity index (χ1n) is 6.91. The van der Waals surface area contributed by atoms with E-state index in [1.807, 2.05) is 0 Å². The molecule has 0 saturated carbocycles. The number of nitrogens with zero attached hydrogens (tertiary/aromatic N) is 2. The lowest BCUT2D eigenvalue weighted by atomic mass is 10.1. The summed E-state index contributed by atoms with van der Waals surface area (Å²) < 4.78 is 6.66. The van der Waals surface area contributed by atoms with E-state index in [0.717, 1.165) is 6.42 Å². The third kappa shape index (κ3) is 2.99. The number of rotatable bonds is 4. The van der Waals surface area contributed by atoms with E-state index in [4.69, 9.17) is 9.84 Å². The standard InChI is InChI=1S/C15H15N3O4/c19-14(10-5-7-22-9-10)16-11-2-1-3-12(8-11)18-6-4-13(17-18)15(20)21/h1-4,6,8,10H,5,7,9H2,(H,16,19)(H,20,21). The van der Waals surface area contributed by atoms with Gasteiger partial charge in [0.1, 0.15) is 0 Å². The summed E-state index contributed by atoms with van der Waals surface area (Å²) in [6.45, 7) is 1.07. The van der Waals surface area contributed by atoms with Crippen LogP contribution in [0, 0.1) is 5.92 Å². The molecular weight excluding hydrogens is 286 g/mol. The molecular formula is C15H15N3O4. The van der Waals surface area contributed by atoms with Gasteiger partial charge in [0.05, 0.1) is 18.2 Å². The number of benzene rings is 1. The maximum atomic E-state index is 12.1. The molecule has 2 N–H and O–H groups in total. The van der Waals surface area contributed by atoms with Crippen LogP contribution in [-0.4, -0.2) is 40.0 Å². The van der Waals surface area contributed by atoms with Gasteiger partial charge in [0.2, 0.25) is 5.91 Å². The van der Waals surface area contributed by atoms with Gasteiger partial charge >= 0.3 is 5.97 Å². The molecule has 0 radical (unpaired) electrons. The Hall–Kier alpha value is -2.67. The average Bonchev–Trinajstić information content (AvgIpc) is 3.19. The van der Waals surface area contributed by atoms with Gasteiger partial charge in [0.25, 0.3) is 0 Å². The van der Waals surface area contributed by atoms with Crippen LogP contribution in [-0.2, 0) is 9.53 Å². The van der Waals surface area contributed by atoms with Gasteiger partial charge in [0, 0.05) is 18.5 Å². The van der Waals surface area contributed by atoms with Crippen LogP contribution in [0.5, 0.6) is 0 Å². The predicted molar refractivity (Wildman–Crippen MR) is 78.1 cm³/mol.